The number of piperazine rings is 1. The lowest BCUT2D eigenvalue weighted by molar-refractivity contribution is 0.403. The van der Waals surface area contributed by atoms with Crippen molar-refractivity contribution >= 4 is 11.6 Å². The summed E-state index contributed by atoms with van der Waals surface area (Å²) in [6, 6.07) is 5.06. The van der Waals surface area contributed by atoms with Gasteiger partial charge in [-0.15, -0.1) is 5.10 Å². The molecule has 0 saturated carbocycles. The highest BCUT2D eigenvalue weighted by molar-refractivity contribution is 5.46. The fraction of sp³-hybridized carbons (Fsp3) is 0.538. The molecule has 1 N–H and O–H groups in total. The summed E-state index contributed by atoms with van der Waals surface area (Å²) >= 11 is 0. The third kappa shape index (κ3) is 2.06. The van der Waals surface area contributed by atoms with Crippen molar-refractivity contribution in [1.29, 1.82) is 0 Å². The van der Waals surface area contributed by atoms with Crippen LogP contribution in [0.15, 0.2) is 18.3 Å². The molecule has 0 spiro atoms. The Morgan fingerprint density at radius 1 is 1.28 bits per heavy atom. The van der Waals surface area contributed by atoms with E-state index in [9.17, 15) is 0 Å². The van der Waals surface area contributed by atoms with Crippen molar-refractivity contribution in [3.63, 3.8) is 0 Å². The summed E-state index contributed by atoms with van der Waals surface area (Å²) in [4.78, 5) is 6.87. The third-order valence-corrected chi connectivity index (χ3v) is 3.32. The van der Waals surface area contributed by atoms with Gasteiger partial charge in [-0.25, -0.2) is 4.52 Å². The van der Waals surface area contributed by atoms with Gasteiger partial charge < -0.3 is 10.2 Å². The summed E-state index contributed by atoms with van der Waals surface area (Å²) in [5.41, 5.74) is 2.13. The zero-order valence-corrected chi connectivity index (χ0v) is 11.1. The number of anilines is 1. The number of nitrogens with zero attached hydrogens (tertiary/aromatic N) is 4. The monoisotopic (exact) mass is 245 g/mol. The van der Waals surface area contributed by atoms with E-state index in [4.69, 9.17) is 0 Å². The molecule has 2 atom stereocenters. The summed E-state index contributed by atoms with van der Waals surface area (Å²) in [5.74, 6) is 0.834. The molecule has 96 valence electrons. The lowest BCUT2D eigenvalue weighted by atomic mass is 10.1. The van der Waals surface area contributed by atoms with E-state index in [0.717, 1.165) is 24.7 Å². The molecule has 1 fully saturated rings. The molecule has 0 radical (unpaired) electrons. The smallest absolute Gasteiger partial charge is 0.245 e. The van der Waals surface area contributed by atoms with E-state index in [1.807, 2.05) is 10.7 Å². The SMILES string of the molecule is Cc1ccn2nc(N3CC(C)NC(C)C3)nc2c1. The first-order valence-electron chi connectivity index (χ1n) is 6.46. The van der Waals surface area contributed by atoms with E-state index < -0.39 is 0 Å². The van der Waals surface area contributed by atoms with Crippen molar-refractivity contribution < 1.29 is 0 Å². The van der Waals surface area contributed by atoms with Crippen LogP contribution in [-0.4, -0.2) is 39.8 Å². The quantitative estimate of drug-likeness (QED) is 0.820. The van der Waals surface area contributed by atoms with Gasteiger partial charge in [0.15, 0.2) is 5.65 Å². The lowest BCUT2D eigenvalue weighted by Gasteiger charge is -2.35. The van der Waals surface area contributed by atoms with Crippen molar-refractivity contribution in [1.82, 2.24) is 19.9 Å². The zero-order chi connectivity index (χ0) is 12.7. The van der Waals surface area contributed by atoms with Crippen LogP contribution in [0.1, 0.15) is 19.4 Å². The zero-order valence-electron chi connectivity index (χ0n) is 11.1. The molecule has 0 aromatic carbocycles. The Labute approximate surface area is 107 Å². The van der Waals surface area contributed by atoms with E-state index in [0.29, 0.717) is 12.1 Å². The number of aryl methyl sites for hydroxylation is 1. The maximum Gasteiger partial charge on any atom is 0.245 e. The summed E-state index contributed by atoms with van der Waals surface area (Å²) in [6.45, 7) is 8.38. The second kappa shape index (κ2) is 4.24. The minimum atomic E-state index is 0.474. The normalized spacial score (nSPS) is 24.7. The molecule has 2 aromatic heterocycles. The van der Waals surface area contributed by atoms with Crippen LogP contribution in [0.3, 0.4) is 0 Å². The maximum absolute atomic E-state index is 4.62. The first-order valence-corrected chi connectivity index (χ1v) is 6.46. The third-order valence-electron chi connectivity index (χ3n) is 3.32. The minimum Gasteiger partial charge on any atom is -0.336 e. The number of pyridine rings is 1. The van der Waals surface area contributed by atoms with Gasteiger partial charge in [0, 0.05) is 31.4 Å². The van der Waals surface area contributed by atoms with Crippen LogP contribution < -0.4 is 10.2 Å². The summed E-state index contributed by atoms with van der Waals surface area (Å²) < 4.78 is 1.85. The van der Waals surface area contributed by atoms with Crippen molar-refractivity contribution in [3.05, 3.63) is 23.9 Å². The van der Waals surface area contributed by atoms with E-state index in [-0.39, 0.29) is 0 Å². The topological polar surface area (TPSA) is 45.5 Å². The highest BCUT2D eigenvalue weighted by atomic mass is 15.4. The predicted octanol–water partition coefficient (Wildman–Crippen LogP) is 1.22. The van der Waals surface area contributed by atoms with Crippen LogP contribution >= 0.6 is 0 Å². The van der Waals surface area contributed by atoms with E-state index >= 15 is 0 Å². The first kappa shape index (κ1) is 11.5. The molecule has 1 aliphatic heterocycles. The van der Waals surface area contributed by atoms with E-state index in [1.54, 1.807) is 0 Å². The number of hydrogen-bond acceptors (Lipinski definition) is 4. The average molecular weight is 245 g/mol. The van der Waals surface area contributed by atoms with Gasteiger partial charge in [0.1, 0.15) is 0 Å². The van der Waals surface area contributed by atoms with E-state index in [2.05, 4.69) is 53.2 Å². The molecule has 5 nitrogen and oxygen atoms in total. The number of nitrogens with one attached hydrogen (secondary N) is 1. The first-order chi connectivity index (χ1) is 8.61. The van der Waals surface area contributed by atoms with Crippen LogP contribution in [-0.2, 0) is 0 Å². The molecule has 18 heavy (non-hydrogen) atoms. The van der Waals surface area contributed by atoms with Crippen LogP contribution in [0, 0.1) is 6.92 Å². The minimum absolute atomic E-state index is 0.474. The number of hydrogen-bond donors (Lipinski definition) is 1. The average Bonchev–Trinajstić information content (AvgIpc) is 2.70. The maximum atomic E-state index is 4.62. The van der Waals surface area contributed by atoms with Gasteiger partial charge in [0.05, 0.1) is 0 Å². The number of rotatable bonds is 1. The molecule has 3 heterocycles. The molecule has 2 unspecified atom stereocenters. The second-order valence-corrected chi connectivity index (χ2v) is 5.29. The molecule has 2 aromatic rings. The van der Waals surface area contributed by atoms with Crippen LogP contribution in [0.4, 0.5) is 5.95 Å². The molecule has 0 bridgehead atoms. The second-order valence-electron chi connectivity index (χ2n) is 5.29. The Morgan fingerprint density at radius 3 is 2.72 bits per heavy atom. The van der Waals surface area contributed by atoms with Crippen molar-refractivity contribution in [3.8, 4) is 0 Å². The van der Waals surface area contributed by atoms with Gasteiger partial charge in [-0.2, -0.15) is 4.98 Å². The Balaban J connectivity index is 1.93. The summed E-state index contributed by atoms with van der Waals surface area (Å²) in [7, 11) is 0. The number of fused-ring (bicyclic) bond motifs is 1. The van der Waals surface area contributed by atoms with Crippen LogP contribution in [0.25, 0.3) is 5.65 Å². The molecule has 0 amide bonds. The van der Waals surface area contributed by atoms with Gasteiger partial charge in [-0.3, -0.25) is 0 Å². The molecule has 3 rings (SSSR count). The Morgan fingerprint density at radius 2 is 2.00 bits per heavy atom. The number of aromatic nitrogens is 3. The van der Waals surface area contributed by atoms with Gasteiger partial charge in [-0.05, 0) is 38.5 Å². The van der Waals surface area contributed by atoms with Gasteiger partial charge in [0.2, 0.25) is 5.95 Å². The Kier molecular flexibility index (Phi) is 2.70. The molecule has 1 saturated heterocycles. The predicted molar refractivity (Wildman–Crippen MR) is 72.0 cm³/mol. The fourth-order valence-corrected chi connectivity index (χ4v) is 2.60. The molecular formula is C13H19N5. The van der Waals surface area contributed by atoms with Gasteiger partial charge in [0.25, 0.3) is 0 Å². The summed E-state index contributed by atoms with van der Waals surface area (Å²) in [6.07, 6.45) is 1.97. The lowest BCUT2D eigenvalue weighted by Crippen LogP contribution is -2.54. The van der Waals surface area contributed by atoms with Crippen molar-refractivity contribution in [2.45, 2.75) is 32.9 Å². The molecular weight excluding hydrogens is 226 g/mol. The van der Waals surface area contributed by atoms with Crippen molar-refractivity contribution in [2.75, 3.05) is 18.0 Å². The van der Waals surface area contributed by atoms with Gasteiger partial charge >= 0.3 is 0 Å². The summed E-state index contributed by atoms with van der Waals surface area (Å²) in [5, 5.41) is 8.07. The molecule has 5 heteroatoms. The standard InChI is InChI=1S/C13H19N5/c1-9-4-5-18-12(6-9)15-13(16-18)17-7-10(2)14-11(3)8-17/h4-6,10-11,14H,7-8H2,1-3H3. The fourth-order valence-electron chi connectivity index (χ4n) is 2.60. The van der Waals surface area contributed by atoms with Gasteiger partial charge in [-0.1, -0.05) is 0 Å². The van der Waals surface area contributed by atoms with E-state index in [1.165, 1.54) is 5.56 Å². The van der Waals surface area contributed by atoms with Crippen LogP contribution in [0.5, 0.6) is 0 Å². The Bertz CT molecular complexity index is 552. The largest absolute Gasteiger partial charge is 0.336 e. The Hall–Kier alpha value is -1.62. The molecule has 1 aliphatic rings. The highest BCUT2D eigenvalue weighted by Crippen LogP contribution is 2.15. The highest BCUT2D eigenvalue weighted by Gasteiger charge is 2.23. The van der Waals surface area contributed by atoms with Crippen molar-refractivity contribution in [2.24, 2.45) is 0 Å². The van der Waals surface area contributed by atoms with Crippen LogP contribution in [0.2, 0.25) is 0 Å². The molecule has 0 aliphatic carbocycles.